The summed E-state index contributed by atoms with van der Waals surface area (Å²) in [7, 11) is -3.10. The molecule has 0 spiro atoms. The van der Waals surface area contributed by atoms with E-state index >= 15 is 0 Å². The maximum Gasteiger partial charge on any atom is 0.260 e. The molecular formula is C15H17ClFNO4S. The normalized spacial score (nSPS) is 25.9. The average molecular weight is 362 g/mol. The fourth-order valence-electron chi connectivity index (χ4n) is 3.33. The molecule has 1 saturated heterocycles. The highest BCUT2D eigenvalue weighted by molar-refractivity contribution is 7.92. The highest BCUT2D eigenvalue weighted by Gasteiger charge is 2.45. The fraction of sp³-hybridized carbons (Fsp3) is 0.533. The van der Waals surface area contributed by atoms with Crippen LogP contribution in [0, 0.1) is 5.82 Å². The van der Waals surface area contributed by atoms with Crippen LogP contribution < -0.4 is 4.74 Å². The van der Waals surface area contributed by atoms with Gasteiger partial charge in [0.15, 0.2) is 16.4 Å². The molecule has 1 amide bonds. The first-order chi connectivity index (χ1) is 10.9. The van der Waals surface area contributed by atoms with Crippen molar-refractivity contribution in [2.75, 3.05) is 18.9 Å². The number of amides is 1. The summed E-state index contributed by atoms with van der Waals surface area (Å²) in [6.07, 6.45) is 2.12. The van der Waals surface area contributed by atoms with Crippen molar-refractivity contribution >= 4 is 27.3 Å². The van der Waals surface area contributed by atoms with Gasteiger partial charge in [0.05, 0.1) is 16.0 Å². The summed E-state index contributed by atoms with van der Waals surface area (Å²) in [5.41, 5.74) is 0. The van der Waals surface area contributed by atoms with Crippen LogP contribution in [0.4, 0.5) is 4.39 Å². The monoisotopic (exact) mass is 361 g/mol. The summed E-state index contributed by atoms with van der Waals surface area (Å²) in [6, 6.07) is 3.70. The number of hydrogen-bond donors (Lipinski definition) is 0. The lowest BCUT2D eigenvalue weighted by atomic mass is 10.2. The molecule has 5 nitrogen and oxygen atoms in total. The van der Waals surface area contributed by atoms with Crippen LogP contribution in [-0.2, 0) is 14.6 Å². The molecular weight excluding hydrogens is 345 g/mol. The van der Waals surface area contributed by atoms with Crippen LogP contribution in [0.5, 0.6) is 5.75 Å². The molecule has 1 aliphatic carbocycles. The Hall–Kier alpha value is -1.34. The molecule has 0 aromatic heterocycles. The van der Waals surface area contributed by atoms with E-state index < -0.39 is 20.9 Å². The molecule has 8 heteroatoms. The first-order valence-corrected chi connectivity index (χ1v) is 9.57. The van der Waals surface area contributed by atoms with Gasteiger partial charge in [-0.15, -0.1) is 0 Å². The molecule has 2 aliphatic rings. The van der Waals surface area contributed by atoms with E-state index in [2.05, 4.69) is 0 Å². The number of sulfone groups is 1. The Bertz CT molecular complexity index is 724. The van der Waals surface area contributed by atoms with Gasteiger partial charge < -0.3 is 9.64 Å². The van der Waals surface area contributed by atoms with Crippen LogP contribution >= 0.6 is 11.6 Å². The van der Waals surface area contributed by atoms with Crippen LogP contribution in [0.1, 0.15) is 19.3 Å². The summed E-state index contributed by atoms with van der Waals surface area (Å²) in [5.74, 6) is -0.674. The highest BCUT2D eigenvalue weighted by atomic mass is 35.5. The summed E-state index contributed by atoms with van der Waals surface area (Å²) >= 11 is 5.59. The smallest absolute Gasteiger partial charge is 0.260 e. The Balaban J connectivity index is 1.65. The average Bonchev–Trinajstić information content (AvgIpc) is 2.99. The number of ether oxygens (including phenoxy) is 1. The molecule has 1 aliphatic heterocycles. The molecule has 1 heterocycles. The summed E-state index contributed by atoms with van der Waals surface area (Å²) in [6.45, 7) is -0.0506. The maximum absolute atomic E-state index is 13.3. The second kappa shape index (κ2) is 6.28. The third-order valence-electron chi connectivity index (χ3n) is 4.47. The fourth-order valence-corrected chi connectivity index (χ4v) is 5.49. The van der Waals surface area contributed by atoms with Crippen molar-refractivity contribution in [3.05, 3.63) is 29.0 Å². The van der Waals surface area contributed by atoms with Crippen molar-refractivity contribution in [3.8, 4) is 5.75 Å². The van der Waals surface area contributed by atoms with E-state index in [9.17, 15) is 17.6 Å². The van der Waals surface area contributed by atoms with E-state index in [4.69, 9.17) is 16.3 Å². The number of halogens is 2. The van der Waals surface area contributed by atoms with E-state index in [0.717, 1.165) is 12.5 Å². The van der Waals surface area contributed by atoms with Crippen molar-refractivity contribution in [3.63, 3.8) is 0 Å². The van der Waals surface area contributed by atoms with Crippen molar-refractivity contribution in [1.29, 1.82) is 0 Å². The molecule has 1 aromatic rings. The molecule has 0 radical (unpaired) electrons. The Morgan fingerprint density at radius 2 is 2.17 bits per heavy atom. The van der Waals surface area contributed by atoms with E-state index in [0.29, 0.717) is 12.8 Å². The van der Waals surface area contributed by atoms with Crippen LogP contribution in [0.25, 0.3) is 0 Å². The summed E-state index contributed by atoms with van der Waals surface area (Å²) < 4.78 is 42.8. The first kappa shape index (κ1) is 16.5. The number of hydrogen-bond acceptors (Lipinski definition) is 4. The molecule has 0 bridgehead atoms. The summed E-state index contributed by atoms with van der Waals surface area (Å²) in [4.78, 5) is 14.0. The molecule has 2 unspecified atom stereocenters. The van der Waals surface area contributed by atoms with Crippen LogP contribution in [0.15, 0.2) is 18.2 Å². The number of nitrogens with zero attached hydrogens (tertiary/aromatic N) is 1. The Morgan fingerprint density at radius 1 is 1.39 bits per heavy atom. The lowest BCUT2D eigenvalue weighted by Gasteiger charge is -2.37. The van der Waals surface area contributed by atoms with Gasteiger partial charge in [0.25, 0.3) is 5.91 Å². The molecule has 0 N–H and O–H groups in total. The largest absolute Gasteiger partial charge is 0.484 e. The number of rotatable bonds is 3. The van der Waals surface area contributed by atoms with E-state index in [-0.39, 0.29) is 41.6 Å². The van der Waals surface area contributed by atoms with Gasteiger partial charge in [-0.3, -0.25) is 4.79 Å². The lowest BCUT2D eigenvalue weighted by Crippen LogP contribution is -2.55. The van der Waals surface area contributed by atoms with Crippen LogP contribution in [0.2, 0.25) is 5.02 Å². The quantitative estimate of drug-likeness (QED) is 0.826. The number of carbonyl (C=O) groups excluding carboxylic acids is 1. The minimum absolute atomic E-state index is 0.00448. The van der Waals surface area contributed by atoms with Crippen LogP contribution in [-0.4, -0.2) is 49.4 Å². The van der Waals surface area contributed by atoms with E-state index in [1.807, 2.05) is 0 Å². The topological polar surface area (TPSA) is 63.7 Å². The van der Waals surface area contributed by atoms with Crippen molar-refractivity contribution in [2.24, 2.45) is 0 Å². The van der Waals surface area contributed by atoms with Gasteiger partial charge in [-0.05, 0) is 31.4 Å². The second-order valence-electron chi connectivity index (χ2n) is 5.86. The number of fused-ring (bicyclic) bond motifs is 1. The Morgan fingerprint density at radius 3 is 2.91 bits per heavy atom. The SMILES string of the molecule is O=C(COc1ccc(Cl)c(F)c1)N1CCS(=O)(=O)C2CCCC21. The molecule has 126 valence electrons. The molecule has 2 fully saturated rings. The lowest BCUT2D eigenvalue weighted by molar-refractivity contribution is -0.135. The highest BCUT2D eigenvalue weighted by Crippen LogP contribution is 2.33. The third kappa shape index (κ3) is 3.30. The van der Waals surface area contributed by atoms with Gasteiger partial charge in [0, 0.05) is 18.7 Å². The standard InChI is InChI=1S/C15H17ClFNO4S/c16-11-5-4-10(8-12(11)17)22-9-15(19)18-6-7-23(20,21)14-3-1-2-13(14)18/h4-5,8,13-14H,1-3,6-7,9H2. The van der Waals surface area contributed by atoms with Crippen molar-refractivity contribution in [1.82, 2.24) is 4.90 Å². The number of benzene rings is 1. The summed E-state index contributed by atoms with van der Waals surface area (Å²) in [5, 5.41) is -0.466. The van der Waals surface area contributed by atoms with Crippen LogP contribution in [0.3, 0.4) is 0 Å². The Labute approximate surface area is 139 Å². The van der Waals surface area contributed by atoms with E-state index in [1.165, 1.54) is 12.1 Å². The van der Waals surface area contributed by atoms with E-state index in [1.54, 1.807) is 4.90 Å². The molecule has 23 heavy (non-hydrogen) atoms. The van der Waals surface area contributed by atoms with Gasteiger partial charge >= 0.3 is 0 Å². The predicted molar refractivity (Wildman–Crippen MR) is 83.8 cm³/mol. The van der Waals surface area contributed by atoms with Crippen molar-refractivity contribution in [2.45, 2.75) is 30.6 Å². The molecule has 1 saturated carbocycles. The van der Waals surface area contributed by atoms with Gasteiger partial charge in [-0.2, -0.15) is 0 Å². The first-order valence-electron chi connectivity index (χ1n) is 7.47. The predicted octanol–water partition coefficient (Wildman–Crippen LogP) is 2.04. The van der Waals surface area contributed by atoms with Crippen molar-refractivity contribution < 1.29 is 22.3 Å². The zero-order valence-electron chi connectivity index (χ0n) is 12.4. The zero-order valence-corrected chi connectivity index (χ0v) is 13.9. The van der Waals surface area contributed by atoms with Gasteiger partial charge in [-0.1, -0.05) is 11.6 Å². The zero-order chi connectivity index (χ0) is 16.6. The Kier molecular flexibility index (Phi) is 4.51. The van der Waals surface area contributed by atoms with Gasteiger partial charge in [0.2, 0.25) is 0 Å². The molecule has 2 atom stereocenters. The second-order valence-corrected chi connectivity index (χ2v) is 8.60. The molecule has 1 aromatic carbocycles. The van der Waals surface area contributed by atoms with Gasteiger partial charge in [-0.25, -0.2) is 12.8 Å². The molecule has 3 rings (SSSR count). The van der Waals surface area contributed by atoms with Gasteiger partial charge in [0.1, 0.15) is 11.6 Å². The minimum Gasteiger partial charge on any atom is -0.484 e. The third-order valence-corrected chi connectivity index (χ3v) is 7.00. The minimum atomic E-state index is -3.10. The maximum atomic E-state index is 13.3. The number of carbonyl (C=O) groups is 1.